The summed E-state index contributed by atoms with van der Waals surface area (Å²) in [7, 11) is 0. The van der Waals surface area contributed by atoms with E-state index in [1.54, 1.807) is 42.6 Å². The Balaban J connectivity index is 1.43. The van der Waals surface area contributed by atoms with Gasteiger partial charge in [-0.25, -0.2) is 14.8 Å². The van der Waals surface area contributed by atoms with E-state index in [1.165, 1.54) is 4.90 Å². The Morgan fingerprint density at radius 3 is 2.45 bits per heavy atom. The summed E-state index contributed by atoms with van der Waals surface area (Å²) in [6.45, 7) is 9.94. The molecule has 0 unspecified atom stereocenters. The Kier molecular flexibility index (Phi) is 8.02. The SMILES string of the molecule is CC(C)(CNC(=O)c1ccc(Nc2ncc3c(n2)-c2ccc(Cl)cc2NC(=O)C3)cc1)CN(C(=O)O)C(C)(C)C. The zero-order chi connectivity index (χ0) is 29.2. The van der Waals surface area contributed by atoms with Crippen molar-refractivity contribution in [3.8, 4) is 11.3 Å². The Labute approximate surface area is 238 Å². The van der Waals surface area contributed by atoms with Crippen LogP contribution in [0.4, 0.5) is 22.1 Å². The maximum atomic E-state index is 12.8. The fraction of sp³-hybridized carbons (Fsp3) is 0.345. The van der Waals surface area contributed by atoms with Crippen LogP contribution in [0, 0.1) is 5.41 Å². The van der Waals surface area contributed by atoms with E-state index in [0.29, 0.717) is 45.7 Å². The van der Waals surface area contributed by atoms with Gasteiger partial charge in [-0.3, -0.25) is 9.59 Å². The van der Waals surface area contributed by atoms with Gasteiger partial charge in [-0.15, -0.1) is 0 Å². The summed E-state index contributed by atoms with van der Waals surface area (Å²) in [5.74, 6) is -0.0852. The fourth-order valence-corrected chi connectivity index (χ4v) is 4.53. The molecule has 1 aliphatic heterocycles. The van der Waals surface area contributed by atoms with Gasteiger partial charge in [0.1, 0.15) is 0 Å². The maximum absolute atomic E-state index is 12.8. The van der Waals surface area contributed by atoms with Crippen molar-refractivity contribution in [1.82, 2.24) is 20.2 Å². The van der Waals surface area contributed by atoms with Gasteiger partial charge in [0.25, 0.3) is 5.91 Å². The minimum atomic E-state index is -0.993. The summed E-state index contributed by atoms with van der Waals surface area (Å²) in [4.78, 5) is 47.2. The minimum absolute atomic E-state index is 0.146. The van der Waals surface area contributed by atoms with E-state index in [1.807, 2.05) is 40.7 Å². The molecule has 0 aliphatic carbocycles. The number of hydrogen-bond acceptors (Lipinski definition) is 6. The predicted octanol–water partition coefficient (Wildman–Crippen LogP) is 5.57. The van der Waals surface area contributed by atoms with Crippen LogP contribution in [0.25, 0.3) is 11.3 Å². The first-order chi connectivity index (χ1) is 18.7. The van der Waals surface area contributed by atoms with E-state index < -0.39 is 17.0 Å². The molecule has 4 rings (SSSR count). The smallest absolute Gasteiger partial charge is 0.407 e. The lowest BCUT2D eigenvalue weighted by atomic mass is 9.90. The van der Waals surface area contributed by atoms with Gasteiger partial charge < -0.3 is 26.0 Å². The molecule has 1 aliphatic rings. The van der Waals surface area contributed by atoms with Crippen molar-refractivity contribution >= 4 is 46.8 Å². The molecular formula is C29H33ClN6O4. The zero-order valence-corrected chi connectivity index (χ0v) is 23.9. The lowest BCUT2D eigenvalue weighted by Crippen LogP contribution is -2.51. The molecule has 40 heavy (non-hydrogen) atoms. The number of carbonyl (C=O) groups is 3. The molecular weight excluding hydrogens is 532 g/mol. The zero-order valence-electron chi connectivity index (χ0n) is 23.1. The van der Waals surface area contributed by atoms with Gasteiger partial charge in [-0.2, -0.15) is 0 Å². The summed E-state index contributed by atoms with van der Waals surface area (Å²) in [5, 5.41) is 19.0. The average Bonchev–Trinajstić information content (AvgIpc) is 3.00. The molecule has 0 fully saturated rings. The molecule has 3 amide bonds. The molecule has 4 N–H and O–H groups in total. The number of hydrogen-bond donors (Lipinski definition) is 4. The second-order valence-corrected chi connectivity index (χ2v) is 12.0. The third-order valence-electron chi connectivity index (χ3n) is 6.48. The Bertz CT molecular complexity index is 1450. The number of aromatic nitrogens is 2. The molecule has 210 valence electrons. The van der Waals surface area contributed by atoms with Crippen LogP contribution in [-0.4, -0.2) is 56.5 Å². The van der Waals surface area contributed by atoms with Gasteiger partial charge in [0.05, 0.1) is 17.8 Å². The largest absolute Gasteiger partial charge is 0.465 e. The summed E-state index contributed by atoms with van der Waals surface area (Å²) in [6, 6.07) is 12.1. The molecule has 11 heteroatoms. The summed E-state index contributed by atoms with van der Waals surface area (Å²) in [5.41, 5.74) is 2.79. The second kappa shape index (κ2) is 11.1. The van der Waals surface area contributed by atoms with Crippen LogP contribution in [-0.2, 0) is 11.2 Å². The summed E-state index contributed by atoms with van der Waals surface area (Å²) < 4.78 is 0. The van der Waals surface area contributed by atoms with Crippen molar-refractivity contribution in [3.05, 3.63) is 64.8 Å². The van der Waals surface area contributed by atoms with Crippen molar-refractivity contribution in [2.75, 3.05) is 23.7 Å². The normalized spacial score (nSPS) is 12.9. The number of nitrogens with zero attached hydrogens (tertiary/aromatic N) is 3. The average molecular weight is 565 g/mol. The first kappa shape index (κ1) is 28.8. The molecule has 0 radical (unpaired) electrons. The molecule has 0 saturated carbocycles. The number of carboxylic acid groups (broad SMARTS) is 1. The van der Waals surface area contributed by atoms with Crippen LogP contribution >= 0.6 is 11.6 Å². The van der Waals surface area contributed by atoms with Crippen LogP contribution in [0.15, 0.2) is 48.7 Å². The lowest BCUT2D eigenvalue weighted by molar-refractivity contribution is -0.115. The third-order valence-corrected chi connectivity index (χ3v) is 6.72. The molecule has 2 aromatic carbocycles. The quantitative estimate of drug-likeness (QED) is 0.294. The first-order valence-electron chi connectivity index (χ1n) is 12.8. The standard InChI is InChI=1S/C29H33ClN6O4/c1-28(2,3)36(27(39)40)16-29(4,5)15-32-25(38)17-6-9-20(10-7-17)33-26-31-14-18-12-23(37)34-22-13-19(30)8-11-21(22)24(18)35-26/h6-11,13-14H,12,15-16H2,1-5H3,(H,32,38)(H,34,37)(H,39,40)(H,31,33,35). The van der Waals surface area contributed by atoms with Crippen LogP contribution in [0.5, 0.6) is 0 Å². The van der Waals surface area contributed by atoms with Crippen LogP contribution in [0.2, 0.25) is 5.02 Å². The highest BCUT2D eigenvalue weighted by atomic mass is 35.5. The number of benzene rings is 2. The van der Waals surface area contributed by atoms with Gasteiger partial charge in [-0.1, -0.05) is 25.4 Å². The van der Waals surface area contributed by atoms with Crippen LogP contribution < -0.4 is 16.0 Å². The first-order valence-corrected chi connectivity index (χ1v) is 13.2. The number of fused-ring (bicyclic) bond motifs is 3. The number of carbonyl (C=O) groups excluding carboxylic acids is 2. The highest BCUT2D eigenvalue weighted by molar-refractivity contribution is 6.31. The Morgan fingerprint density at radius 2 is 1.80 bits per heavy atom. The Hall–Kier alpha value is -4.18. The van der Waals surface area contributed by atoms with E-state index in [0.717, 1.165) is 5.56 Å². The van der Waals surface area contributed by atoms with Crippen molar-refractivity contribution < 1.29 is 19.5 Å². The molecule has 0 atom stereocenters. The number of rotatable bonds is 7. The lowest BCUT2D eigenvalue weighted by Gasteiger charge is -2.39. The molecule has 2 heterocycles. The van der Waals surface area contributed by atoms with Gasteiger partial charge in [-0.05, 0) is 68.7 Å². The van der Waals surface area contributed by atoms with Crippen molar-refractivity contribution in [2.24, 2.45) is 5.41 Å². The summed E-state index contributed by atoms with van der Waals surface area (Å²) >= 11 is 6.12. The van der Waals surface area contributed by atoms with Crippen LogP contribution in [0.1, 0.15) is 50.5 Å². The molecule has 1 aromatic heterocycles. The monoisotopic (exact) mass is 564 g/mol. The van der Waals surface area contributed by atoms with E-state index in [4.69, 9.17) is 11.6 Å². The predicted molar refractivity (Wildman–Crippen MR) is 155 cm³/mol. The van der Waals surface area contributed by atoms with Crippen LogP contribution in [0.3, 0.4) is 0 Å². The van der Waals surface area contributed by atoms with E-state index in [2.05, 4.69) is 25.9 Å². The van der Waals surface area contributed by atoms with E-state index >= 15 is 0 Å². The van der Waals surface area contributed by atoms with Gasteiger partial charge in [0, 0.05) is 52.2 Å². The summed E-state index contributed by atoms with van der Waals surface area (Å²) in [6.07, 6.45) is 0.780. The fourth-order valence-electron chi connectivity index (χ4n) is 4.35. The number of amides is 3. The highest BCUT2D eigenvalue weighted by Gasteiger charge is 2.32. The minimum Gasteiger partial charge on any atom is -0.465 e. The number of nitrogens with one attached hydrogen (secondary N) is 3. The molecule has 0 saturated heterocycles. The van der Waals surface area contributed by atoms with E-state index in [-0.39, 0.29) is 24.8 Å². The van der Waals surface area contributed by atoms with Crippen molar-refractivity contribution in [3.63, 3.8) is 0 Å². The maximum Gasteiger partial charge on any atom is 0.407 e. The molecule has 0 spiro atoms. The van der Waals surface area contributed by atoms with Crippen molar-refractivity contribution in [2.45, 2.75) is 46.6 Å². The van der Waals surface area contributed by atoms with Gasteiger partial charge in [0.15, 0.2) is 0 Å². The van der Waals surface area contributed by atoms with Crippen molar-refractivity contribution in [1.29, 1.82) is 0 Å². The van der Waals surface area contributed by atoms with E-state index in [9.17, 15) is 19.5 Å². The Morgan fingerprint density at radius 1 is 1.10 bits per heavy atom. The highest BCUT2D eigenvalue weighted by Crippen LogP contribution is 2.35. The van der Waals surface area contributed by atoms with Gasteiger partial charge in [0.2, 0.25) is 11.9 Å². The van der Waals surface area contributed by atoms with Gasteiger partial charge >= 0.3 is 6.09 Å². The second-order valence-electron chi connectivity index (χ2n) is 11.6. The molecule has 3 aromatic rings. The third kappa shape index (κ3) is 6.87. The topological polar surface area (TPSA) is 137 Å². The number of halogens is 1. The molecule has 0 bridgehead atoms. The molecule has 10 nitrogen and oxygen atoms in total. The number of anilines is 3.